The normalized spacial score (nSPS) is 33.0. The molecular formula is C22H28ClO2. The van der Waals surface area contributed by atoms with Gasteiger partial charge in [0.05, 0.1) is 5.88 Å². The van der Waals surface area contributed by atoms with Crippen LogP contribution in [0.4, 0.5) is 0 Å². The summed E-state index contributed by atoms with van der Waals surface area (Å²) in [5.74, 6) is 2.24. The summed E-state index contributed by atoms with van der Waals surface area (Å²) in [6.07, 6.45) is 9.55. The second-order valence-electron chi connectivity index (χ2n) is 7.49. The van der Waals surface area contributed by atoms with Gasteiger partial charge in [-0.25, -0.2) is 0 Å². The highest BCUT2D eigenvalue weighted by molar-refractivity contribution is 6.18. The number of halogens is 1. The summed E-state index contributed by atoms with van der Waals surface area (Å²) < 4.78 is 12.1. The van der Waals surface area contributed by atoms with Gasteiger partial charge in [-0.3, -0.25) is 0 Å². The van der Waals surface area contributed by atoms with Gasteiger partial charge in [0.2, 0.25) is 0 Å². The molecule has 3 aliphatic rings. The van der Waals surface area contributed by atoms with Crippen LogP contribution < -0.4 is 0 Å². The molecule has 1 aromatic carbocycles. The topological polar surface area (TPSA) is 25.1 Å². The maximum atomic E-state index is 6.18. The van der Waals surface area contributed by atoms with Gasteiger partial charge in [-0.15, -0.1) is 11.6 Å². The lowest BCUT2D eigenvalue weighted by atomic mass is 9.78. The summed E-state index contributed by atoms with van der Waals surface area (Å²) >= 11 is 6.09. The average molecular weight is 360 g/mol. The number of epoxide rings is 2. The first-order chi connectivity index (χ1) is 12.3. The van der Waals surface area contributed by atoms with E-state index in [-0.39, 0.29) is 24.4 Å². The van der Waals surface area contributed by atoms with E-state index in [1.807, 2.05) is 0 Å². The highest BCUT2D eigenvalue weighted by Gasteiger charge is 2.53. The highest BCUT2D eigenvalue weighted by Crippen LogP contribution is 2.52. The third kappa shape index (κ3) is 3.82. The van der Waals surface area contributed by atoms with E-state index in [0.717, 1.165) is 6.42 Å². The Morgan fingerprint density at radius 3 is 2.44 bits per heavy atom. The van der Waals surface area contributed by atoms with Crippen molar-refractivity contribution < 1.29 is 9.47 Å². The van der Waals surface area contributed by atoms with Crippen LogP contribution >= 0.6 is 11.6 Å². The minimum Gasteiger partial charge on any atom is -0.363 e. The van der Waals surface area contributed by atoms with E-state index in [4.69, 9.17) is 21.1 Å². The molecule has 1 aliphatic carbocycles. The second kappa shape index (κ2) is 7.82. The summed E-state index contributed by atoms with van der Waals surface area (Å²) in [6.45, 7) is 2.27. The predicted octanol–water partition coefficient (Wildman–Crippen LogP) is 5.77. The third-order valence-corrected chi connectivity index (χ3v) is 6.00. The lowest BCUT2D eigenvalue weighted by Crippen LogP contribution is -2.16. The number of hydrogen-bond acceptors (Lipinski definition) is 2. The number of benzene rings is 1. The molecule has 0 aromatic heterocycles. The van der Waals surface area contributed by atoms with Gasteiger partial charge in [-0.1, -0.05) is 68.5 Å². The zero-order valence-electron chi connectivity index (χ0n) is 15.0. The second-order valence-corrected chi connectivity index (χ2v) is 7.79. The first-order valence-electron chi connectivity index (χ1n) is 9.83. The van der Waals surface area contributed by atoms with Gasteiger partial charge in [-0.05, 0) is 30.4 Å². The maximum absolute atomic E-state index is 6.18. The monoisotopic (exact) mass is 359 g/mol. The van der Waals surface area contributed by atoms with Gasteiger partial charge in [-0.2, -0.15) is 0 Å². The van der Waals surface area contributed by atoms with Crippen LogP contribution in [0, 0.1) is 5.92 Å². The van der Waals surface area contributed by atoms with Gasteiger partial charge in [0.1, 0.15) is 24.4 Å². The Kier molecular flexibility index (Phi) is 5.50. The molecule has 0 bridgehead atoms. The van der Waals surface area contributed by atoms with Gasteiger partial charge in [0, 0.05) is 5.92 Å². The van der Waals surface area contributed by atoms with Crippen LogP contribution in [0.1, 0.15) is 63.5 Å². The van der Waals surface area contributed by atoms with E-state index >= 15 is 0 Å². The average Bonchev–Trinajstić information content (AvgIpc) is 3.58. The van der Waals surface area contributed by atoms with Crippen LogP contribution in [0.25, 0.3) is 0 Å². The minimum atomic E-state index is 0.173. The molecule has 0 spiro atoms. The minimum absolute atomic E-state index is 0.173. The molecule has 3 fully saturated rings. The molecule has 0 N–H and O–H groups in total. The van der Waals surface area contributed by atoms with Gasteiger partial charge < -0.3 is 9.47 Å². The van der Waals surface area contributed by atoms with Crippen molar-refractivity contribution in [2.75, 3.05) is 5.88 Å². The van der Waals surface area contributed by atoms with Gasteiger partial charge in [0.25, 0.3) is 0 Å². The van der Waals surface area contributed by atoms with Crippen LogP contribution in [0.2, 0.25) is 0 Å². The Bertz CT molecular complexity index is 606. The van der Waals surface area contributed by atoms with Crippen LogP contribution in [-0.4, -0.2) is 24.2 Å². The van der Waals surface area contributed by atoms with Crippen LogP contribution in [0.3, 0.4) is 0 Å². The Balaban J connectivity index is 1.63. The summed E-state index contributed by atoms with van der Waals surface area (Å²) in [4.78, 5) is 0. The Labute approximate surface area is 156 Å². The number of hydrogen-bond donors (Lipinski definition) is 0. The number of allylic oxidation sites excluding steroid dienone is 1. The van der Waals surface area contributed by atoms with Crippen molar-refractivity contribution in [1.82, 2.24) is 0 Å². The molecule has 2 nitrogen and oxygen atoms in total. The lowest BCUT2D eigenvalue weighted by molar-refractivity contribution is 0.361. The number of rotatable bonds is 7. The quantitative estimate of drug-likeness (QED) is 0.456. The number of alkyl halides is 1. The fraction of sp³-hybridized carbons (Fsp3) is 0.591. The number of ether oxygens (including phenoxy) is 2. The molecular weight excluding hydrogens is 332 g/mol. The van der Waals surface area contributed by atoms with E-state index in [1.165, 1.54) is 49.7 Å². The van der Waals surface area contributed by atoms with Crippen molar-refractivity contribution in [2.45, 2.75) is 76.3 Å². The zero-order valence-corrected chi connectivity index (χ0v) is 15.8. The van der Waals surface area contributed by atoms with E-state index in [1.54, 1.807) is 11.5 Å². The van der Waals surface area contributed by atoms with Gasteiger partial charge in [0.15, 0.2) is 0 Å². The smallest absolute Gasteiger partial charge is 0.114 e. The standard InChI is InChI=1S/C22H28ClO2/c1-2-9-17(15-10-5-3-6-11-15)19(21-18(14-23)24-21)22-20(25-22)16-12-7-4-8-13-16/h4,7-8,12-13,18,20-22H,2-3,5-6,9-11,14H2,1H3. The molecule has 1 radical (unpaired) electrons. The first-order valence-corrected chi connectivity index (χ1v) is 10.4. The Hall–Kier alpha value is -0.830. The van der Waals surface area contributed by atoms with Crippen molar-refractivity contribution in [3.8, 4) is 0 Å². The van der Waals surface area contributed by atoms with Gasteiger partial charge >= 0.3 is 0 Å². The van der Waals surface area contributed by atoms with E-state index in [9.17, 15) is 0 Å². The molecule has 2 saturated heterocycles. The molecule has 135 valence electrons. The highest BCUT2D eigenvalue weighted by atomic mass is 35.5. The molecule has 2 aliphatic heterocycles. The van der Waals surface area contributed by atoms with Crippen LogP contribution in [0.15, 0.2) is 41.5 Å². The fourth-order valence-electron chi connectivity index (χ4n) is 4.34. The predicted molar refractivity (Wildman–Crippen MR) is 102 cm³/mol. The molecule has 3 heteroatoms. The summed E-state index contributed by atoms with van der Waals surface area (Å²) in [6, 6.07) is 10.6. The van der Waals surface area contributed by atoms with E-state index < -0.39 is 0 Å². The molecule has 4 rings (SSSR count). The molecule has 25 heavy (non-hydrogen) atoms. The van der Waals surface area contributed by atoms with Crippen molar-refractivity contribution in [3.05, 3.63) is 53.0 Å². The molecule has 1 aromatic rings. The van der Waals surface area contributed by atoms with E-state index in [2.05, 4.69) is 37.3 Å². The molecule has 0 amide bonds. The largest absolute Gasteiger partial charge is 0.363 e. The fourth-order valence-corrected chi connectivity index (χ4v) is 4.57. The molecule has 4 atom stereocenters. The lowest BCUT2D eigenvalue weighted by Gasteiger charge is -2.26. The molecule has 4 unspecified atom stereocenters. The molecule has 2 heterocycles. The van der Waals surface area contributed by atoms with Crippen molar-refractivity contribution in [3.63, 3.8) is 0 Å². The van der Waals surface area contributed by atoms with Crippen molar-refractivity contribution >= 4 is 11.6 Å². The van der Waals surface area contributed by atoms with Crippen LogP contribution in [0.5, 0.6) is 0 Å². The first kappa shape index (κ1) is 17.6. The maximum Gasteiger partial charge on any atom is 0.114 e. The summed E-state index contributed by atoms with van der Waals surface area (Å²) in [5.41, 5.74) is 4.25. The Morgan fingerprint density at radius 2 is 1.80 bits per heavy atom. The molecule has 1 saturated carbocycles. The third-order valence-electron chi connectivity index (χ3n) is 5.70. The van der Waals surface area contributed by atoms with Crippen molar-refractivity contribution in [2.24, 2.45) is 0 Å². The zero-order chi connectivity index (χ0) is 17.2. The SMILES string of the molecule is CCCC([C]1CCCCC1)=C(C1OC1CCl)C1OC1c1ccccc1. The van der Waals surface area contributed by atoms with Crippen LogP contribution in [-0.2, 0) is 9.47 Å². The van der Waals surface area contributed by atoms with Crippen molar-refractivity contribution in [1.29, 1.82) is 0 Å². The van der Waals surface area contributed by atoms with E-state index in [0.29, 0.717) is 5.88 Å². The summed E-state index contributed by atoms with van der Waals surface area (Å²) in [5, 5.41) is 0. The Morgan fingerprint density at radius 1 is 1.04 bits per heavy atom. The summed E-state index contributed by atoms with van der Waals surface area (Å²) in [7, 11) is 0.